The molecule has 18 heavy (non-hydrogen) atoms. The molecular formula is C14H24N4. The van der Waals surface area contributed by atoms with E-state index in [0.717, 1.165) is 37.6 Å². The Labute approximate surface area is 110 Å². The lowest BCUT2D eigenvalue weighted by atomic mass is 10.2. The standard InChI is InChI=1S/C14H24N4/c1-3-12(2)17-6-8-18(9-7-17)14-10-13(11-15)4-5-16-14/h4-5,10,12H,3,6-9,11,15H2,1-2H3. The van der Waals surface area contributed by atoms with E-state index >= 15 is 0 Å². The van der Waals surface area contributed by atoms with Crippen LogP contribution >= 0.6 is 0 Å². The van der Waals surface area contributed by atoms with Gasteiger partial charge in [0.15, 0.2) is 0 Å². The Hall–Kier alpha value is -1.13. The smallest absolute Gasteiger partial charge is 0.128 e. The second kappa shape index (κ2) is 6.16. The maximum Gasteiger partial charge on any atom is 0.128 e. The van der Waals surface area contributed by atoms with Crippen molar-refractivity contribution in [3.63, 3.8) is 0 Å². The molecule has 0 saturated carbocycles. The predicted molar refractivity (Wildman–Crippen MR) is 75.7 cm³/mol. The number of aromatic nitrogens is 1. The number of anilines is 1. The highest BCUT2D eigenvalue weighted by Crippen LogP contribution is 2.16. The molecule has 0 radical (unpaired) electrons. The monoisotopic (exact) mass is 248 g/mol. The highest BCUT2D eigenvalue weighted by molar-refractivity contribution is 5.41. The molecule has 0 bridgehead atoms. The first-order valence-electron chi connectivity index (χ1n) is 6.88. The fraction of sp³-hybridized carbons (Fsp3) is 0.643. The van der Waals surface area contributed by atoms with Gasteiger partial charge < -0.3 is 10.6 Å². The molecule has 1 aromatic heterocycles. The minimum atomic E-state index is 0.586. The molecule has 0 aromatic carbocycles. The number of hydrogen-bond acceptors (Lipinski definition) is 4. The van der Waals surface area contributed by atoms with Crippen LogP contribution in [0.5, 0.6) is 0 Å². The zero-order chi connectivity index (χ0) is 13.0. The summed E-state index contributed by atoms with van der Waals surface area (Å²) in [6.45, 7) is 9.53. The van der Waals surface area contributed by atoms with Gasteiger partial charge in [0, 0.05) is 45.0 Å². The van der Waals surface area contributed by atoms with Crippen molar-refractivity contribution < 1.29 is 0 Å². The van der Waals surface area contributed by atoms with Crippen LogP contribution in [-0.4, -0.2) is 42.1 Å². The third-order valence-corrected chi connectivity index (χ3v) is 3.90. The van der Waals surface area contributed by atoms with Crippen molar-refractivity contribution in [1.82, 2.24) is 9.88 Å². The van der Waals surface area contributed by atoms with Crippen LogP contribution in [0.3, 0.4) is 0 Å². The highest BCUT2D eigenvalue weighted by Gasteiger charge is 2.20. The van der Waals surface area contributed by atoms with Crippen molar-refractivity contribution in [2.45, 2.75) is 32.9 Å². The predicted octanol–water partition coefficient (Wildman–Crippen LogP) is 1.46. The third kappa shape index (κ3) is 3.00. The van der Waals surface area contributed by atoms with Crippen LogP contribution in [0, 0.1) is 0 Å². The average molecular weight is 248 g/mol. The molecule has 1 saturated heterocycles. The van der Waals surface area contributed by atoms with Gasteiger partial charge in [0.2, 0.25) is 0 Å². The van der Waals surface area contributed by atoms with Crippen LogP contribution in [0.25, 0.3) is 0 Å². The van der Waals surface area contributed by atoms with Crippen molar-refractivity contribution in [1.29, 1.82) is 0 Å². The van der Waals surface area contributed by atoms with E-state index in [4.69, 9.17) is 5.73 Å². The summed E-state index contributed by atoms with van der Waals surface area (Å²) in [6, 6.07) is 4.79. The van der Waals surface area contributed by atoms with E-state index in [1.165, 1.54) is 6.42 Å². The van der Waals surface area contributed by atoms with Crippen LogP contribution in [0.15, 0.2) is 18.3 Å². The summed E-state index contributed by atoms with van der Waals surface area (Å²) in [4.78, 5) is 9.37. The normalized spacial score (nSPS) is 18.9. The summed E-state index contributed by atoms with van der Waals surface area (Å²) in [6.07, 6.45) is 3.08. The lowest BCUT2D eigenvalue weighted by Crippen LogP contribution is -2.49. The summed E-state index contributed by atoms with van der Waals surface area (Å²) in [5.74, 6) is 1.07. The molecule has 1 atom stereocenters. The van der Waals surface area contributed by atoms with Gasteiger partial charge in [-0.3, -0.25) is 4.90 Å². The van der Waals surface area contributed by atoms with Crippen LogP contribution in [0.2, 0.25) is 0 Å². The summed E-state index contributed by atoms with van der Waals surface area (Å²) in [5, 5.41) is 0. The molecule has 0 aliphatic carbocycles. The molecule has 2 N–H and O–H groups in total. The number of hydrogen-bond donors (Lipinski definition) is 1. The van der Waals surface area contributed by atoms with E-state index in [1.54, 1.807) is 0 Å². The molecule has 2 heterocycles. The molecular weight excluding hydrogens is 224 g/mol. The summed E-state index contributed by atoms with van der Waals surface area (Å²) >= 11 is 0. The van der Waals surface area contributed by atoms with Gasteiger partial charge in [-0.1, -0.05) is 6.92 Å². The Kier molecular flexibility index (Phi) is 4.55. The average Bonchev–Trinajstić information content (AvgIpc) is 2.46. The number of nitrogens with zero attached hydrogens (tertiary/aromatic N) is 3. The molecule has 1 unspecified atom stereocenters. The van der Waals surface area contributed by atoms with Gasteiger partial charge in [-0.25, -0.2) is 4.98 Å². The highest BCUT2D eigenvalue weighted by atomic mass is 15.3. The number of rotatable bonds is 4. The van der Waals surface area contributed by atoms with E-state index in [-0.39, 0.29) is 0 Å². The van der Waals surface area contributed by atoms with Crippen LogP contribution in [0.1, 0.15) is 25.8 Å². The maximum atomic E-state index is 5.67. The van der Waals surface area contributed by atoms with Crippen molar-refractivity contribution >= 4 is 5.82 Å². The van der Waals surface area contributed by atoms with Crippen LogP contribution in [-0.2, 0) is 6.54 Å². The molecule has 0 amide bonds. The van der Waals surface area contributed by atoms with E-state index in [0.29, 0.717) is 12.6 Å². The van der Waals surface area contributed by atoms with Gasteiger partial charge in [0.05, 0.1) is 0 Å². The fourth-order valence-electron chi connectivity index (χ4n) is 2.41. The molecule has 4 heteroatoms. The quantitative estimate of drug-likeness (QED) is 0.876. The SMILES string of the molecule is CCC(C)N1CCN(c2cc(CN)ccn2)CC1. The summed E-state index contributed by atoms with van der Waals surface area (Å²) in [7, 11) is 0. The Morgan fingerprint density at radius 1 is 1.33 bits per heavy atom. The Morgan fingerprint density at radius 2 is 2.06 bits per heavy atom. The lowest BCUT2D eigenvalue weighted by molar-refractivity contribution is 0.192. The number of nitrogens with two attached hydrogens (primary N) is 1. The molecule has 0 spiro atoms. The second-order valence-electron chi connectivity index (χ2n) is 5.01. The minimum Gasteiger partial charge on any atom is -0.354 e. The summed E-state index contributed by atoms with van der Waals surface area (Å²) in [5.41, 5.74) is 6.83. The molecule has 4 nitrogen and oxygen atoms in total. The van der Waals surface area contributed by atoms with Gasteiger partial charge in [-0.2, -0.15) is 0 Å². The Bertz CT molecular complexity index is 372. The van der Waals surface area contributed by atoms with E-state index in [1.807, 2.05) is 12.3 Å². The van der Waals surface area contributed by atoms with Crippen LogP contribution < -0.4 is 10.6 Å². The van der Waals surface area contributed by atoms with Crippen molar-refractivity contribution in [2.75, 3.05) is 31.1 Å². The third-order valence-electron chi connectivity index (χ3n) is 3.90. The fourth-order valence-corrected chi connectivity index (χ4v) is 2.41. The first-order chi connectivity index (χ1) is 8.74. The maximum absolute atomic E-state index is 5.67. The first kappa shape index (κ1) is 13.3. The van der Waals surface area contributed by atoms with Gasteiger partial charge in [0.25, 0.3) is 0 Å². The van der Waals surface area contributed by atoms with Crippen molar-refractivity contribution in [3.05, 3.63) is 23.9 Å². The minimum absolute atomic E-state index is 0.586. The zero-order valence-corrected chi connectivity index (χ0v) is 11.5. The number of pyridine rings is 1. The van der Waals surface area contributed by atoms with Crippen molar-refractivity contribution in [3.8, 4) is 0 Å². The van der Waals surface area contributed by atoms with E-state index < -0.39 is 0 Å². The van der Waals surface area contributed by atoms with Gasteiger partial charge >= 0.3 is 0 Å². The Balaban J connectivity index is 1.96. The molecule has 1 aliphatic rings. The zero-order valence-electron chi connectivity index (χ0n) is 11.5. The van der Waals surface area contributed by atoms with Gasteiger partial charge in [0.1, 0.15) is 5.82 Å². The lowest BCUT2D eigenvalue weighted by Gasteiger charge is -2.38. The largest absolute Gasteiger partial charge is 0.354 e. The van der Waals surface area contributed by atoms with Gasteiger partial charge in [-0.05, 0) is 31.0 Å². The Morgan fingerprint density at radius 3 is 2.67 bits per heavy atom. The van der Waals surface area contributed by atoms with Gasteiger partial charge in [-0.15, -0.1) is 0 Å². The molecule has 100 valence electrons. The molecule has 1 aliphatic heterocycles. The van der Waals surface area contributed by atoms with Crippen molar-refractivity contribution in [2.24, 2.45) is 5.73 Å². The molecule has 1 aromatic rings. The first-order valence-corrected chi connectivity index (χ1v) is 6.88. The second-order valence-corrected chi connectivity index (χ2v) is 5.01. The summed E-state index contributed by atoms with van der Waals surface area (Å²) < 4.78 is 0. The van der Waals surface area contributed by atoms with E-state index in [9.17, 15) is 0 Å². The number of piperazine rings is 1. The van der Waals surface area contributed by atoms with E-state index in [2.05, 4.69) is 34.7 Å². The van der Waals surface area contributed by atoms with Crippen LogP contribution in [0.4, 0.5) is 5.82 Å². The topological polar surface area (TPSA) is 45.4 Å². The molecule has 2 rings (SSSR count). The molecule has 1 fully saturated rings.